The van der Waals surface area contributed by atoms with Crippen LogP contribution in [0.1, 0.15) is 5.56 Å². The van der Waals surface area contributed by atoms with Gasteiger partial charge in [0, 0.05) is 24.8 Å². The summed E-state index contributed by atoms with van der Waals surface area (Å²) in [4.78, 5) is 1.09. The maximum absolute atomic E-state index is 4.52. The molecule has 1 heterocycles. The van der Waals surface area contributed by atoms with E-state index in [-0.39, 0.29) is 0 Å². The highest BCUT2D eigenvalue weighted by Crippen LogP contribution is 2.36. The van der Waals surface area contributed by atoms with Crippen molar-refractivity contribution in [3.05, 3.63) is 27.5 Å². The zero-order chi connectivity index (χ0) is 9.42. The highest BCUT2D eigenvalue weighted by atomic mass is 79.9. The van der Waals surface area contributed by atoms with Gasteiger partial charge in [-0.05, 0) is 23.1 Å². The van der Waals surface area contributed by atoms with E-state index in [1.807, 2.05) is 0 Å². The van der Waals surface area contributed by atoms with Gasteiger partial charge in [0.05, 0.1) is 0 Å². The number of hydrogen-bond donors (Lipinski definition) is 1. The SMILES string of the molecule is Sc1c(CBr)cc(Br)c2ccsc12. The van der Waals surface area contributed by atoms with E-state index in [9.17, 15) is 0 Å². The molecule has 0 atom stereocenters. The maximum atomic E-state index is 4.52. The van der Waals surface area contributed by atoms with E-state index in [0.717, 1.165) is 14.7 Å². The van der Waals surface area contributed by atoms with Crippen molar-refractivity contribution in [3.63, 3.8) is 0 Å². The summed E-state index contributed by atoms with van der Waals surface area (Å²) in [7, 11) is 0. The molecule has 4 heteroatoms. The van der Waals surface area contributed by atoms with Crippen molar-refractivity contribution < 1.29 is 0 Å². The van der Waals surface area contributed by atoms with Crippen LogP contribution in [0.5, 0.6) is 0 Å². The van der Waals surface area contributed by atoms with Crippen LogP contribution in [0.25, 0.3) is 10.1 Å². The molecule has 2 rings (SSSR count). The van der Waals surface area contributed by atoms with Gasteiger partial charge in [0.1, 0.15) is 0 Å². The predicted molar refractivity (Wildman–Crippen MR) is 69.4 cm³/mol. The fraction of sp³-hybridized carbons (Fsp3) is 0.111. The van der Waals surface area contributed by atoms with Crippen molar-refractivity contribution >= 4 is 65.9 Å². The molecule has 0 fully saturated rings. The summed E-state index contributed by atoms with van der Waals surface area (Å²) in [5, 5.41) is 4.19. The van der Waals surface area contributed by atoms with Crippen LogP contribution in [0, 0.1) is 0 Å². The van der Waals surface area contributed by atoms with E-state index in [0.29, 0.717) is 0 Å². The van der Waals surface area contributed by atoms with Crippen molar-refractivity contribution in [3.8, 4) is 0 Å². The van der Waals surface area contributed by atoms with Crippen LogP contribution in [0.4, 0.5) is 0 Å². The minimum absolute atomic E-state index is 0.846. The summed E-state index contributed by atoms with van der Waals surface area (Å²) in [5.74, 6) is 0. The third-order valence-corrected chi connectivity index (χ3v) is 4.74. The Bertz CT molecular complexity index is 448. The predicted octanol–water partition coefficient (Wildman–Crippen LogP) is 4.85. The van der Waals surface area contributed by atoms with Gasteiger partial charge >= 0.3 is 0 Å². The van der Waals surface area contributed by atoms with Crippen LogP contribution in [0.2, 0.25) is 0 Å². The second kappa shape index (κ2) is 3.93. The molecule has 1 aromatic carbocycles. The van der Waals surface area contributed by atoms with Gasteiger partial charge in [-0.25, -0.2) is 0 Å². The topological polar surface area (TPSA) is 0 Å². The molecular weight excluding hydrogens is 332 g/mol. The largest absolute Gasteiger partial charge is 0.143 e. The van der Waals surface area contributed by atoms with Gasteiger partial charge in [-0.2, -0.15) is 0 Å². The van der Waals surface area contributed by atoms with Crippen molar-refractivity contribution in [2.75, 3.05) is 0 Å². The first-order valence-corrected chi connectivity index (χ1v) is 6.91. The summed E-state index contributed by atoms with van der Waals surface area (Å²) in [6.07, 6.45) is 0. The summed E-state index contributed by atoms with van der Waals surface area (Å²) >= 11 is 13.3. The van der Waals surface area contributed by atoms with E-state index >= 15 is 0 Å². The molecule has 0 N–H and O–H groups in total. The van der Waals surface area contributed by atoms with Crippen molar-refractivity contribution in [1.29, 1.82) is 0 Å². The van der Waals surface area contributed by atoms with Gasteiger partial charge in [0.15, 0.2) is 0 Å². The lowest BCUT2D eigenvalue weighted by Gasteiger charge is -2.04. The van der Waals surface area contributed by atoms with E-state index in [2.05, 4.69) is 62.0 Å². The van der Waals surface area contributed by atoms with Crippen LogP contribution in [0.15, 0.2) is 26.9 Å². The van der Waals surface area contributed by atoms with E-state index < -0.39 is 0 Å². The molecule has 0 amide bonds. The number of alkyl halides is 1. The summed E-state index contributed by atoms with van der Waals surface area (Å²) < 4.78 is 2.41. The van der Waals surface area contributed by atoms with Crippen LogP contribution >= 0.6 is 55.8 Å². The van der Waals surface area contributed by atoms with Gasteiger partial charge in [0.25, 0.3) is 0 Å². The third kappa shape index (κ3) is 1.69. The first-order chi connectivity index (χ1) is 6.24. The molecule has 0 aliphatic rings. The highest BCUT2D eigenvalue weighted by Gasteiger charge is 2.08. The van der Waals surface area contributed by atoms with E-state index in [1.54, 1.807) is 11.3 Å². The fourth-order valence-electron chi connectivity index (χ4n) is 1.23. The Morgan fingerprint density at radius 3 is 2.92 bits per heavy atom. The molecule has 0 spiro atoms. The number of rotatable bonds is 1. The standard InChI is InChI=1S/C9H6Br2S2/c10-4-5-3-7(11)6-1-2-13-9(6)8(5)12/h1-3,12H,4H2. The molecular formula is C9H6Br2S2. The van der Waals surface area contributed by atoms with Crippen molar-refractivity contribution in [2.45, 2.75) is 10.2 Å². The van der Waals surface area contributed by atoms with Gasteiger partial charge in [-0.3, -0.25) is 0 Å². The molecule has 0 radical (unpaired) electrons. The second-order valence-corrected chi connectivity index (χ2v) is 5.44. The lowest BCUT2D eigenvalue weighted by molar-refractivity contribution is 1.34. The Hall–Kier alpha value is 0.490. The molecule has 0 saturated heterocycles. The first-order valence-electron chi connectivity index (χ1n) is 3.67. The smallest absolute Gasteiger partial charge is 0.0490 e. The Morgan fingerprint density at radius 1 is 1.46 bits per heavy atom. The lowest BCUT2D eigenvalue weighted by atomic mass is 10.2. The Labute approximate surface area is 103 Å². The van der Waals surface area contributed by atoms with Crippen LogP contribution in [-0.4, -0.2) is 0 Å². The monoisotopic (exact) mass is 336 g/mol. The van der Waals surface area contributed by atoms with Crippen molar-refractivity contribution in [1.82, 2.24) is 0 Å². The number of halogens is 2. The third-order valence-electron chi connectivity index (χ3n) is 1.89. The van der Waals surface area contributed by atoms with Crippen molar-refractivity contribution in [2.24, 2.45) is 0 Å². The highest BCUT2D eigenvalue weighted by molar-refractivity contribution is 9.10. The molecule has 68 valence electrons. The molecule has 0 bridgehead atoms. The zero-order valence-electron chi connectivity index (χ0n) is 6.55. The minimum Gasteiger partial charge on any atom is -0.143 e. The van der Waals surface area contributed by atoms with Gasteiger partial charge < -0.3 is 0 Å². The van der Waals surface area contributed by atoms with Gasteiger partial charge in [-0.15, -0.1) is 24.0 Å². The Morgan fingerprint density at radius 2 is 2.23 bits per heavy atom. The summed E-state index contributed by atoms with van der Waals surface area (Å²) in [6, 6.07) is 4.23. The second-order valence-electron chi connectivity index (χ2n) is 2.66. The van der Waals surface area contributed by atoms with Crippen LogP contribution in [-0.2, 0) is 5.33 Å². The molecule has 0 aliphatic carbocycles. The number of fused-ring (bicyclic) bond motifs is 1. The molecule has 2 aromatic rings. The van der Waals surface area contributed by atoms with E-state index in [4.69, 9.17) is 0 Å². The lowest BCUT2D eigenvalue weighted by Crippen LogP contribution is -1.81. The number of hydrogen-bond acceptors (Lipinski definition) is 2. The first kappa shape index (κ1) is 10.0. The average Bonchev–Trinajstić information content (AvgIpc) is 2.60. The fourth-order valence-corrected chi connectivity index (χ4v) is 3.93. The normalized spacial score (nSPS) is 11.0. The maximum Gasteiger partial charge on any atom is 0.0490 e. The number of thiophene rings is 1. The Kier molecular flexibility index (Phi) is 3.03. The minimum atomic E-state index is 0.846. The molecule has 0 aliphatic heterocycles. The van der Waals surface area contributed by atoms with E-state index in [1.165, 1.54) is 15.6 Å². The molecule has 0 saturated carbocycles. The number of benzene rings is 1. The van der Waals surface area contributed by atoms with Gasteiger partial charge in [-0.1, -0.05) is 31.9 Å². The molecule has 0 nitrogen and oxygen atoms in total. The summed E-state index contributed by atoms with van der Waals surface area (Å²) in [6.45, 7) is 0. The van der Waals surface area contributed by atoms with Gasteiger partial charge in [0.2, 0.25) is 0 Å². The van der Waals surface area contributed by atoms with Crippen LogP contribution in [0.3, 0.4) is 0 Å². The average molecular weight is 338 g/mol. The zero-order valence-corrected chi connectivity index (χ0v) is 11.4. The summed E-state index contributed by atoms with van der Waals surface area (Å²) in [5.41, 5.74) is 1.23. The molecule has 13 heavy (non-hydrogen) atoms. The number of thiol groups is 1. The molecule has 0 unspecified atom stereocenters. The molecule has 1 aromatic heterocycles. The quantitative estimate of drug-likeness (QED) is 0.558. The Balaban J connectivity index is 2.85. The van der Waals surface area contributed by atoms with Crippen LogP contribution < -0.4 is 0 Å².